The lowest BCUT2D eigenvalue weighted by Crippen LogP contribution is -2.41. The molecule has 0 amide bonds. The van der Waals surface area contributed by atoms with Crippen molar-refractivity contribution < 1.29 is 15.3 Å². The third kappa shape index (κ3) is 3.90. The first-order chi connectivity index (χ1) is 12.5. The lowest BCUT2D eigenvalue weighted by atomic mass is 9.76. The minimum Gasteiger partial charge on any atom is -0.396 e. The molecule has 0 heterocycles. The fourth-order valence-electron chi connectivity index (χ4n) is 3.68. The molecule has 0 aliphatic heterocycles. The van der Waals surface area contributed by atoms with Crippen molar-refractivity contribution in [2.75, 3.05) is 6.61 Å². The number of benzene rings is 2. The van der Waals surface area contributed by atoms with E-state index in [-0.39, 0.29) is 18.4 Å². The fraction of sp³-hybridized carbons (Fsp3) is 0.391. The van der Waals surface area contributed by atoms with Crippen LogP contribution in [-0.4, -0.2) is 34.1 Å². The molecule has 3 nitrogen and oxygen atoms in total. The van der Waals surface area contributed by atoms with Crippen LogP contribution in [0.1, 0.15) is 36.1 Å². The van der Waals surface area contributed by atoms with Crippen LogP contribution in [0.15, 0.2) is 54.6 Å². The summed E-state index contributed by atoms with van der Waals surface area (Å²) in [7, 11) is 0. The van der Waals surface area contributed by atoms with Gasteiger partial charge in [0.25, 0.3) is 0 Å². The Morgan fingerprint density at radius 2 is 1.62 bits per heavy atom. The number of rotatable bonds is 5. The van der Waals surface area contributed by atoms with Crippen LogP contribution in [0.5, 0.6) is 0 Å². The second kappa shape index (κ2) is 8.17. The first kappa shape index (κ1) is 18.8. The van der Waals surface area contributed by atoms with Crippen molar-refractivity contribution in [2.45, 2.75) is 38.9 Å². The molecule has 2 aromatic rings. The smallest absolute Gasteiger partial charge is 0.105 e. The highest BCUT2D eigenvalue weighted by Crippen LogP contribution is 2.34. The third-order valence-electron chi connectivity index (χ3n) is 5.56. The summed E-state index contributed by atoms with van der Waals surface area (Å²) in [6.07, 6.45) is 1.99. The van der Waals surface area contributed by atoms with Crippen molar-refractivity contribution in [3.05, 3.63) is 76.9 Å². The molecule has 3 heteroatoms. The summed E-state index contributed by atoms with van der Waals surface area (Å²) in [5.74, 6) is -0.312. The SMILES string of the molecule is CCc1ccc(Cc2cccc(C3=C[C@H](CO)[C@@H](C)[C@H](O)[C@H]3O)c2)cc1. The van der Waals surface area contributed by atoms with E-state index in [1.807, 2.05) is 25.1 Å². The van der Waals surface area contributed by atoms with Gasteiger partial charge >= 0.3 is 0 Å². The Hall–Kier alpha value is -1.94. The molecule has 1 aliphatic rings. The molecule has 138 valence electrons. The van der Waals surface area contributed by atoms with E-state index in [0.717, 1.165) is 24.0 Å². The second-order valence-corrected chi connectivity index (χ2v) is 7.31. The van der Waals surface area contributed by atoms with Crippen molar-refractivity contribution in [1.29, 1.82) is 0 Å². The molecule has 3 N–H and O–H groups in total. The van der Waals surface area contributed by atoms with Gasteiger partial charge in [0, 0.05) is 12.5 Å². The summed E-state index contributed by atoms with van der Waals surface area (Å²) in [6, 6.07) is 16.7. The Bertz CT molecular complexity index is 763. The maximum absolute atomic E-state index is 10.5. The van der Waals surface area contributed by atoms with Crippen LogP contribution in [0.3, 0.4) is 0 Å². The van der Waals surface area contributed by atoms with Crippen LogP contribution >= 0.6 is 0 Å². The molecule has 0 unspecified atom stereocenters. The lowest BCUT2D eigenvalue weighted by molar-refractivity contribution is -0.00975. The molecule has 4 atom stereocenters. The van der Waals surface area contributed by atoms with Crippen LogP contribution in [0.2, 0.25) is 0 Å². The number of aliphatic hydroxyl groups excluding tert-OH is 3. The molecule has 2 aromatic carbocycles. The zero-order chi connectivity index (χ0) is 18.7. The predicted octanol–water partition coefficient (Wildman–Crippen LogP) is 3.20. The lowest BCUT2D eigenvalue weighted by Gasteiger charge is -2.35. The topological polar surface area (TPSA) is 60.7 Å². The Balaban J connectivity index is 1.86. The highest BCUT2D eigenvalue weighted by atomic mass is 16.3. The normalized spacial score (nSPS) is 25.8. The van der Waals surface area contributed by atoms with Gasteiger partial charge in [-0.15, -0.1) is 0 Å². The van der Waals surface area contributed by atoms with Gasteiger partial charge in [-0.25, -0.2) is 0 Å². The summed E-state index contributed by atoms with van der Waals surface area (Å²) in [4.78, 5) is 0. The molecule has 3 rings (SSSR count). The highest BCUT2D eigenvalue weighted by molar-refractivity contribution is 5.71. The monoisotopic (exact) mass is 352 g/mol. The highest BCUT2D eigenvalue weighted by Gasteiger charge is 2.35. The molecule has 0 saturated carbocycles. The minimum atomic E-state index is -0.924. The molecule has 0 saturated heterocycles. The average Bonchev–Trinajstić information content (AvgIpc) is 2.67. The molecule has 0 radical (unpaired) electrons. The predicted molar refractivity (Wildman–Crippen MR) is 105 cm³/mol. The van der Waals surface area contributed by atoms with Crippen LogP contribution in [0, 0.1) is 11.8 Å². The maximum Gasteiger partial charge on any atom is 0.105 e. The van der Waals surface area contributed by atoms with Gasteiger partial charge in [-0.05, 0) is 46.6 Å². The minimum absolute atomic E-state index is 0.0298. The van der Waals surface area contributed by atoms with Crippen LogP contribution < -0.4 is 0 Å². The summed E-state index contributed by atoms with van der Waals surface area (Å²) in [5.41, 5.74) is 5.35. The van der Waals surface area contributed by atoms with Crippen molar-refractivity contribution in [2.24, 2.45) is 11.8 Å². The number of aliphatic hydroxyl groups is 3. The van der Waals surface area contributed by atoms with Gasteiger partial charge in [0.2, 0.25) is 0 Å². The van der Waals surface area contributed by atoms with Crippen molar-refractivity contribution in [3.63, 3.8) is 0 Å². The van der Waals surface area contributed by atoms with E-state index in [0.29, 0.717) is 5.57 Å². The molecular formula is C23H28O3. The first-order valence-corrected chi connectivity index (χ1v) is 9.39. The van der Waals surface area contributed by atoms with Gasteiger partial charge in [-0.3, -0.25) is 0 Å². The van der Waals surface area contributed by atoms with E-state index >= 15 is 0 Å². The van der Waals surface area contributed by atoms with Crippen LogP contribution in [0.4, 0.5) is 0 Å². The fourth-order valence-corrected chi connectivity index (χ4v) is 3.68. The molecular weight excluding hydrogens is 324 g/mol. The third-order valence-corrected chi connectivity index (χ3v) is 5.56. The van der Waals surface area contributed by atoms with E-state index in [1.54, 1.807) is 0 Å². The Kier molecular flexibility index (Phi) is 5.92. The van der Waals surface area contributed by atoms with Crippen molar-refractivity contribution in [1.82, 2.24) is 0 Å². The molecule has 1 aliphatic carbocycles. The molecule has 0 aromatic heterocycles. The Labute approximate surface area is 155 Å². The van der Waals surface area contributed by atoms with E-state index in [9.17, 15) is 15.3 Å². The van der Waals surface area contributed by atoms with Crippen molar-refractivity contribution in [3.8, 4) is 0 Å². The summed E-state index contributed by atoms with van der Waals surface area (Å²) in [6.45, 7) is 3.98. The van der Waals surface area contributed by atoms with E-state index in [2.05, 4.69) is 43.3 Å². The van der Waals surface area contributed by atoms with Gasteiger partial charge in [0.05, 0.1) is 6.10 Å². The summed E-state index contributed by atoms with van der Waals surface area (Å²) < 4.78 is 0. The maximum atomic E-state index is 10.5. The Morgan fingerprint density at radius 3 is 2.27 bits per heavy atom. The van der Waals surface area contributed by atoms with Gasteiger partial charge in [-0.1, -0.05) is 68.5 Å². The quantitative estimate of drug-likeness (QED) is 0.774. The second-order valence-electron chi connectivity index (χ2n) is 7.31. The van der Waals surface area contributed by atoms with Crippen molar-refractivity contribution >= 4 is 5.57 Å². The van der Waals surface area contributed by atoms with Crippen LogP contribution in [0.25, 0.3) is 5.57 Å². The van der Waals surface area contributed by atoms with E-state index in [4.69, 9.17) is 0 Å². The number of hydrogen-bond donors (Lipinski definition) is 3. The zero-order valence-electron chi connectivity index (χ0n) is 15.5. The Morgan fingerprint density at radius 1 is 0.923 bits per heavy atom. The largest absolute Gasteiger partial charge is 0.396 e. The first-order valence-electron chi connectivity index (χ1n) is 9.39. The molecule has 0 fully saturated rings. The van der Waals surface area contributed by atoms with Gasteiger partial charge in [0.1, 0.15) is 6.10 Å². The number of hydrogen-bond acceptors (Lipinski definition) is 3. The zero-order valence-corrected chi connectivity index (χ0v) is 15.5. The summed E-state index contributed by atoms with van der Waals surface area (Å²) >= 11 is 0. The van der Waals surface area contributed by atoms with Gasteiger partial charge in [-0.2, -0.15) is 0 Å². The average molecular weight is 352 g/mol. The standard InChI is InChI=1S/C23H28O3/c1-3-16-7-9-17(10-8-16)11-18-5-4-6-19(12-18)21-13-20(14-24)15(2)22(25)23(21)26/h4-10,12-13,15,20,22-26H,3,11,14H2,1-2H3/t15-,20-,22+,23+/m1/s1. The molecule has 0 bridgehead atoms. The van der Waals surface area contributed by atoms with Gasteiger partial charge in [0.15, 0.2) is 0 Å². The number of aryl methyl sites for hydroxylation is 1. The van der Waals surface area contributed by atoms with Gasteiger partial charge < -0.3 is 15.3 Å². The van der Waals surface area contributed by atoms with E-state index < -0.39 is 12.2 Å². The van der Waals surface area contributed by atoms with Crippen LogP contribution in [-0.2, 0) is 12.8 Å². The summed E-state index contributed by atoms with van der Waals surface area (Å²) in [5, 5.41) is 30.4. The van der Waals surface area contributed by atoms with E-state index in [1.165, 1.54) is 11.1 Å². The molecule has 0 spiro atoms. The molecule has 26 heavy (non-hydrogen) atoms.